The van der Waals surface area contributed by atoms with Crippen LogP contribution in [0.25, 0.3) is 6.08 Å². The number of nitrogens with zero attached hydrogens (tertiary/aromatic N) is 1. The highest BCUT2D eigenvalue weighted by molar-refractivity contribution is 5.87. The van der Waals surface area contributed by atoms with Gasteiger partial charge in [-0.25, -0.2) is 4.79 Å². The van der Waals surface area contributed by atoms with Gasteiger partial charge in [-0.15, -0.1) is 0 Å². The largest absolute Gasteiger partial charge is 0.466 e. The van der Waals surface area contributed by atoms with Crippen LogP contribution in [-0.2, 0) is 16.0 Å². The first-order chi connectivity index (χ1) is 12.1. The Kier molecular flexibility index (Phi) is 4.79. The Hall–Kier alpha value is -3.15. The SMILES string of the molecule is COC(=O)/C=C/c1ccc(NC2CCc3ccccc32)c([N+](=O)[O-])c1. The van der Waals surface area contributed by atoms with Crippen LogP contribution in [0.5, 0.6) is 0 Å². The zero-order valence-corrected chi connectivity index (χ0v) is 13.8. The smallest absolute Gasteiger partial charge is 0.330 e. The number of rotatable bonds is 5. The summed E-state index contributed by atoms with van der Waals surface area (Å²) < 4.78 is 4.52. The van der Waals surface area contributed by atoms with Crippen molar-refractivity contribution in [2.24, 2.45) is 0 Å². The number of fused-ring (bicyclic) bond motifs is 1. The molecular weight excluding hydrogens is 320 g/mol. The molecule has 25 heavy (non-hydrogen) atoms. The molecule has 1 aliphatic rings. The Bertz CT molecular complexity index is 845. The Morgan fingerprint density at radius 3 is 2.88 bits per heavy atom. The van der Waals surface area contributed by atoms with E-state index in [2.05, 4.69) is 22.2 Å². The lowest BCUT2D eigenvalue weighted by Gasteiger charge is -2.16. The van der Waals surface area contributed by atoms with Crippen LogP contribution in [0.15, 0.2) is 48.5 Å². The van der Waals surface area contributed by atoms with E-state index < -0.39 is 10.9 Å². The fourth-order valence-electron chi connectivity index (χ4n) is 3.05. The first-order valence-corrected chi connectivity index (χ1v) is 7.97. The number of ether oxygens (including phenoxy) is 1. The number of methoxy groups -OCH3 is 1. The third kappa shape index (κ3) is 3.68. The number of benzene rings is 2. The van der Waals surface area contributed by atoms with Crippen molar-refractivity contribution in [1.82, 2.24) is 0 Å². The van der Waals surface area contributed by atoms with E-state index in [1.165, 1.54) is 36.5 Å². The summed E-state index contributed by atoms with van der Waals surface area (Å²) in [6.07, 6.45) is 4.59. The third-order valence-electron chi connectivity index (χ3n) is 4.29. The predicted octanol–water partition coefficient (Wildman–Crippen LogP) is 3.88. The average Bonchev–Trinajstić information content (AvgIpc) is 3.03. The minimum Gasteiger partial charge on any atom is -0.466 e. The van der Waals surface area contributed by atoms with Gasteiger partial charge in [0.25, 0.3) is 5.69 Å². The molecular formula is C19H18N2O4. The van der Waals surface area contributed by atoms with Crippen molar-refractivity contribution in [2.45, 2.75) is 18.9 Å². The van der Waals surface area contributed by atoms with Crippen LogP contribution < -0.4 is 5.32 Å². The highest BCUT2D eigenvalue weighted by atomic mass is 16.6. The summed E-state index contributed by atoms with van der Waals surface area (Å²) in [5.41, 5.74) is 3.49. The molecule has 0 heterocycles. The van der Waals surface area contributed by atoms with Crippen LogP contribution >= 0.6 is 0 Å². The molecule has 0 amide bonds. The molecule has 0 radical (unpaired) electrons. The molecule has 1 N–H and O–H groups in total. The van der Waals surface area contributed by atoms with E-state index in [-0.39, 0.29) is 11.7 Å². The summed E-state index contributed by atoms with van der Waals surface area (Å²) in [5, 5.41) is 14.7. The van der Waals surface area contributed by atoms with E-state index in [4.69, 9.17) is 0 Å². The standard InChI is InChI=1S/C19H18N2O4/c1-25-19(22)11-7-13-6-9-17(18(12-13)21(23)24)20-16-10-8-14-4-2-3-5-15(14)16/h2-7,9,11-12,16,20H,8,10H2,1H3/b11-7+. The lowest BCUT2D eigenvalue weighted by atomic mass is 10.1. The quantitative estimate of drug-likeness (QED) is 0.387. The van der Waals surface area contributed by atoms with Crippen molar-refractivity contribution in [1.29, 1.82) is 0 Å². The fraction of sp³-hybridized carbons (Fsp3) is 0.211. The first kappa shape index (κ1) is 16.7. The summed E-state index contributed by atoms with van der Waals surface area (Å²) in [7, 11) is 1.28. The molecule has 128 valence electrons. The van der Waals surface area contributed by atoms with Gasteiger partial charge in [0.2, 0.25) is 0 Å². The van der Waals surface area contributed by atoms with Gasteiger partial charge in [0, 0.05) is 12.1 Å². The lowest BCUT2D eigenvalue weighted by molar-refractivity contribution is -0.384. The van der Waals surface area contributed by atoms with Crippen LogP contribution in [0.3, 0.4) is 0 Å². The maximum atomic E-state index is 11.4. The molecule has 0 saturated heterocycles. The second-order valence-electron chi connectivity index (χ2n) is 5.82. The van der Waals surface area contributed by atoms with Crippen molar-refractivity contribution in [2.75, 3.05) is 12.4 Å². The Labute approximate surface area is 145 Å². The monoisotopic (exact) mass is 338 g/mol. The predicted molar refractivity (Wildman–Crippen MR) is 95.3 cm³/mol. The number of carbonyl (C=O) groups is 1. The number of nitro groups is 1. The number of anilines is 1. The molecule has 6 nitrogen and oxygen atoms in total. The minimum absolute atomic E-state index is 0.0172. The molecule has 6 heteroatoms. The number of nitrogens with one attached hydrogen (secondary N) is 1. The van der Waals surface area contributed by atoms with Gasteiger partial charge in [0.1, 0.15) is 5.69 Å². The summed E-state index contributed by atoms with van der Waals surface area (Å²) in [5.74, 6) is -0.507. The summed E-state index contributed by atoms with van der Waals surface area (Å²) >= 11 is 0. The van der Waals surface area contributed by atoms with E-state index in [0.29, 0.717) is 11.3 Å². The number of aryl methyl sites for hydroxylation is 1. The lowest BCUT2D eigenvalue weighted by Crippen LogP contribution is -2.09. The summed E-state index contributed by atoms with van der Waals surface area (Å²) in [4.78, 5) is 22.2. The molecule has 0 spiro atoms. The summed E-state index contributed by atoms with van der Waals surface area (Å²) in [6.45, 7) is 0. The van der Waals surface area contributed by atoms with Crippen molar-refractivity contribution < 1.29 is 14.5 Å². The molecule has 2 aromatic rings. The van der Waals surface area contributed by atoms with E-state index >= 15 is 0 Å². The van der Waals surface area contributed by atoms with Crippen molar-refractivity contribution in [3.8, 4) is 0 Å². The molecule has 0 saturated carbocycles. The number of carbonyl (C=O) groups excluding carboxylic acids is 1. The van der Waals surface area contributed by atoms with Gasteiger partial charge in [-0.05, 0) is 41.7 Å². The van der Waals surface area contributed by atoms with Crippen LogP contribution in [0.1, 0.15) is 29.2 Å². The normalized spacial score (nSPS) is 15.8. The Morgan fingerprint density at radius 2 is 2.12 bits per heavy atom. The number of hydrogen-bond donors (Lipinski definition) is 1. The first-order valence-electron chi connectivity index (χ1n) is 7.97. The van der Waals surface area contributed by atoms with Gasteiger partial charge < -0.3 is 10.1 Å². The van der Waals surface area contributed by atoms with Gasteiger partial charge in [-0.2, -0.15) is 0 Å². The highest BCUT2D eigenvalue weighted by Gasteiger charge is 2.24. The molecule has 2 aromatic carbocycles. The molecule has 0 fully saturated rings. The van der Waals surface area contributed by atoms with E-state index in [9.17, 15) is 14.9 Å². The molecule has 1 aliphatic carbocycles. The fourth-order valence-corrected chi connectivity index (χ4v) is 3.05. The molecule has 1 unspecified atom stereocenters. The van der Waals surface area contributed by atoms with Gasteiger partial charge in [-0.1, -0.05) is 30.3 Å². The van der Waals surface area contributed by atoms with E-state index in [0.717, 1.165) is 12.8 Å². The van der Waals surface area contributed by atoms with Crippen molar-refractivity contribution >= 4 is 23.4 Å². The summed E-state index contributed by atoms with van der Waals surface area (Å²) in [6, 6.07) is 13.0. The van der Waals surface area contributed by atoms with Gasteiger partial charge in [0.05, 0.1) is 18.1 Å². The molecule has 3 rings (SSSR count). The van der Waals surface area contributed by atoms with Gasteiger partial charge >= 0.3 is 5.97 Å². The number of esters is 1. The average molecular weight is 338 g/mol. The molecule has 0 bridgehead atoms. The second-order valence-corrected chi connectivity index (χ2v) is 5.82. The van der Waals surface area contributed by atoms with Gasteiger partial charge in [0.15, 0.2) is 0 Å². The van der Waals surface area contributed by atoms with Crippen molar-refractivity contribution in [3.63, 3.8) is 0 Å². The van der Waals surface area contributed by atoms with Crippen molar-refractivity contribution in [3.05, 3.63) is 75.3 Å². The van der Waals surface area contributed by atoms with Crippen LogP contribution in [-0.4, -0.2) is 18.0 Å². The van der Waals surface area contributed by atoms with E-state index in [1.54, 1.807) is 12.1 Å². The molecule has 0 aliphatic heterocycles. The topological polar surface area (TPSA) is 81.5 Å². The highest BCUT2D eigenvalue weighted by Crippen LogP contribution is 2.36. The third-order valence-corrected chi connectivity index (χ3v) is 4.29. The van der Waals surface area contributed by atoms with Crippen LogP contribution in [0, 0.1) is 10.1 Å². The zero-order chi connectivity index (χ0) is 17.8. The Morgan fingerprint density at radius 1 is 1.32 bits per heavy atom. The minimum atomic E-state index is -0.507. The second kappa shape index (κ2) is 7.17. The number of hydrogen-bond acceptors (Lipinski definition) is 5. The maximum Gasteiger partial charge on any atom is 0.330 e. The number of nitro benzene ring substituents is 1. The molecule has 1 atom stereocenters. The van der Waals surface area contributed by atoms with Crippen LogP contribution in [0.2, 0.25) is 0 Å². The van der Waals surface area contributed by atoms with E-state index in [1.807, 2.05) is 12.1 Å². The Balaban J connectivity index is 1.86. The van der Waals surface area contributed by atoms with Crippen LogP contribution in [0.4, 0.5) is 11.4 Å². The zero-order valence-electron chi connectivity index (χ0n) is 13.8. The molecule has 0 aromatic heterocycles. The van der Waals surface area contributed by atoms with Gasteiger partial charge in [-0.3, -0.25) is 10.1 Å². The maximum absolute atomic E-state index is 11.4.